The van der Waals surface area contributed by atoms with Crippen LogP contribution in [0.15, 0.2) is 42.5 Å². The zero-order chi connectivity index (χ0) is 20.8. The summed E-state index contributed by atoms with van der Waals surface area (Å²) in [5.74, 6) is -0.0226. The lowest BCUT2D eigenvalue weighted by Gasteiger charge is -2.17. The van der Waals surface area contributed by atoms with Gasteiger partial charge in [0.2, 0.25) is 5.91 Å². The summed E-state index contributed by atoms with van der Waals surface area (Å²) < 4.78 is 11.7. The number of hydrogen-bond donors (Lipinski definition) is 1. The lowest BCUT2D eigenvalue weighted by molar-refractivity contribution is -0.141. The van der Waals surface area contributed by atoms with E-state index in [0.717, 1.165) is 17.1 Å². The minimum absolute atomic E-state index is 0.0866. The monoisotopic (exact) mass is 397 g/mol. The Labute approximate surface area is 171 Å². The number of carboxylic acid groups (broad SMARTS) is 1. The molecular formula is C23H27NO5. The molecule has 0 bridgehead atoms. The predicted octanol–water partition coefficient (Wildman–Crippen LogP) is 3.24. The van der Waals surface area contributed by atoms with Gasteiger partial charge in [0.05, 0.1) is 5.92 Å². The first-order chi connectivity index (χ1) is 13.9. The fourth-order valence-electron chi connectivity index (χ4n) is 3.38. The van der Waals surface area contributed by atoms with Gasteiger partial charge < -0.3 is 19.5 Å². The summed E-state index contributed by atoms with van der Waals surface area (Å²) in [6.07, 6.45) is 0.704. The van der Waals surface area contributed by atoms with Gasteiger partial charge in [-0.15, -0.1) is 0 Å². The Balaban J connectivity index is 1.49. The summed E-state index contributed by atoms with van der Waals surface area (Å²) in [5.41, 5.74) is 3.41. The Kier molecular flexibility index (Phi) is 6.75. The SMILES string of the molecule is Cc1ccc(OCCOc2ccccc2CCN2CC(C(=O)O)CC2=O)cc1C. The zero-order valence-corrected chi connectivity index (χ0v) is 16.9. The molecule has 0 aliphatic carbocycles. The van der Waals surface area contributed by atoms with Crippen LogP contribution >= 0.6 is 0 Å². The van der Waals surface area contributed by atoms with Gasteiger partial charge in [-0.05, 0) is 55.2 Å². The molecule has 0 aromatic heterocycles. The number of aryl methyl sites for hydroxylation is 2. The maximum absolute atomic E-state index is 12.0. The topological polar surface area (TPSA) is 76.1 Å². The van der Waals surface area contributed by atoms with Crippen molar-refractivity contribution in [2.24, 2.45) is 5.92 Å². The number of amides is 1. The van der Waals surface area contributed by atoms with E-state index in [9.17, 15) is 9.59 Å². The van der Waals surface area contributed by atoms with Crippen molar-refractivity contribution in [3.8, 4) is 11.5 Å². The second-order valence-corrected chi connectivity index (χ2v) is 7.38. The number of benzene rings is 2. The van der Waals surface area contributed by atoms with Gasteiger partial charge in [0.25, 0.3) is 0 Å². The fraction of sp³-hybridized carbons (Fsp3) is 0.391. The Morgan fingerprint density at radius 2 is 1.86 bits per heavy atom. The lowest BCUT2D eigenvalue weighted by Crippen LogP contribution is -2.28. The Hall–Kier alpha value is -3.02. The van der Waals surface area contributed by atoms with Crippen LogP contribution in [-0.4, -0.2) is 48.2 Å². The molecule has 0 spiro atoms. The number of likely N-dealkylation sites (tertiary alicyclic amines) is 1. The molecule has 154 valence electrons. The average molecular weight is 397 g/mol. The van der Waals surface area contributed by atoms with Crippen LogP contribution < -0.4 is 9.47 Å². The summed E-state index contributed by atoms with van der Waals surface area (Å²) in [5, 5.41) is 9.10. The first-order valence-corrected chi connectivity index (χ1v) is 9.85. The van der Waals surface area contributed by atoms with Crippen LogP contribution in [0.4, 0.5) is 0 Å². The number of carbonyl (C=O) groups excluding carboxylic acids is 1. The molecule has 1 aliphatic heterocycles. The molecule has 1 heterocycles. The third-order valence-electron chi connectivity index (χ3n) is 5.28. The van der Waals surface area contributed by atoms with E-state index in [1.54, 1.807) is 4.90 Å². The van der Waals surface area contributed by atoms with Crippen molar-refractivity contribution < 1.29 is 24.2 Å². The molecule has 1 aliphatic rings. The van der Waals surface area contributed by atoms with Gasteiger partial charge >= 0.3 is 5.97 Å². The van der Waals surface area contributed by atoms with Crippen molar-refractivity contribution in [3.63, 3.8) is 0 Å². The normalized spacial score (nSPS) is 16.1. The smallest absolute Gasteiger partial charge is 0.308 e. The number of rotatable bonds is 9. The highest BCUT2D eigenvalue weighted by Crippen LogP contribution is 2.22. The quantitative estimate of drug-likeness (QED) is 0.658. The van der Waals surface area contributed by atoms with Crippen LogP contribution in [0.25, 0.3) is 0 Å². The van der Waals surface area contributed by atoms with E-state index in [1.165, 1.54) is 11.1 Å². The Morgan fingerprint density at radius 3 is 2.59 bits per heavy atom. The van der Waals surface area contributed by atoms with Crippen LogP contribution in [0.3, 0.4) is 0 Å². The molecule has 2 aromatic rings. The number of para-hydroxylation sites is 1. The van der Waals surface area contributed by atoms with Crippen molar-refractivity contribution in [1.29, 1.82) is 0 Å². The summed E-state index contributed by atoms with van der Waals surface area (Å²) >= 11 is 0. The van der Waals surface area contributed by atoms with Gasteiger partial charge in [0.1, 0.15) is 24.7 Å². The second kappa shape index (κ2) is 9.45. The highest BCUT2D eigenvalue weighted by molar-refractivity contribution is 5.86. The fourth-order valence-corrected chi connectivity index (χ4v) is 3.38. The van der Waals surface area contributed by atoms with E-state index in [2.05, 4.69) is 13.8 Å². The summed E-state index contributed by atoms with van der Waals surface area (Å²) in [6.45, 7) is 5.73. The highest BCUT2D eigenvalue weighted by atomic mass is 16.5. The summed E-state index contributed by atoms with van der Waals surface area (Å²) in [4.78, 5) is 24.7. The highest BCUT2D eigenvalue weighted by Gasteiger charge is 2.33. The Bertz CT molecular complexity index is 879. The van der Waals surface area contributed by atoms with E-state index in [0.29, 0.717) is 26.2 Å². The lowest BCUT2D eigenvalue weighted by atomic mass is 10.1. The zero-order valence-electron chi connectivity index (χ0n) is 16.9. The molecule has 1 saturated heterocycles. The van der Waals surface area contributed by atoms with Gasteiger partial charge in [-0.3, -0.25) is 9.59 Å². The predicted molar refractivity (Wildman–Crippen MR) is 109 cm³/mol. The first-order valence-electron chi connectivity index (χ1n) is 9.85. The van der Waals surface area contributed by atoms with E-state index < -0.39 is 11.9 Å². The van der Waals surface area contributed by atoms with Crippen LogP contribution in [0.1, 0.15) is 23.1 Å². The minimum atomic E-state index is -0.909. The third-order valence-corrected chi connectivity index (χ3v) is 5.28. The van der Waals surface area contributed by atoms with Crippen molar-refractivity contribution in [1.82, 2.24) is 4.90 Å². The van der Waals surface area contributed by atoms with Crippen LogP contribution in [0, 0.1) is 19.8 Å². The van der Waals surface area contributed by atoms with E-state index in [1.807, 2.05) is 42.5 Å². The number of ether oxygens (including phenoxy) is 2. The van der Waals surface area contributed by atoms with Crippen molar-refractivity contribution in [3.05, 3.63) is 59.2 Å². The van der Waals surface area contributed by atoms with Crippen molar-refractivity contribution >= 4 is 11.9 Å². The first kappa shape index (κ1) is 20.7. The Morgan fingerprint density at radius 1 is 1.10 bits per heavy atom. The van der Waals surface area contributed by atoms with Gasteiger partial charge in [-0.1, -0.05) is 24.3 Å². The summed E-state index contributed by atoms with van der Waals surface area (Å²) in [6, 6.07) is 13.7. The van der Waals surface area contributed by atoms with Gasteiger partial charge in [-0.25, -0.2) is 0 Å². The van der Waals surface area contributed by atoms with E-state index >= 15 is 0 Å². The molecule has 1 fully saturated rings. The molecular weight excluding hydrogens is 370 g/mol. The molecule has 0 radical (unpaired) electrons. The number of aliphatic carboxylic acids is 1. The number of carbonyl (C=O) groups is 2. The van der Waals surface area contributed by atoms with Gasteiger partial charge in [0, 0.05) is 19.5 Å². The molecule has 6 heteroatoms. The largest absolute Gasteiger partial charge is 0.490 e. The standard InChI is InChI=1S/C23H27NO5/c1-16-7-8-20(13-17(16)2)28-11-12-29-21-6-4-3-5-18(21)9-10-24-15-19(23(26)27)14-22(24)25/h3-8,13,19H,9-12,14-15H2,1-2H3,(H,26,27). The molecule has 3 rings (SSSR count). The summed E-state index contributed by atoms with van der Waals surface area (Å²) in [7, 11) is 0. The molecule has 6 nitrogen and oxygen atoms in total. The molecule has 1 amide bonds. The van der Waals surface area contributed by atoms with Crippen LogP contribution in [-0.2, 0) is 16.0 Å². The second-order valence-electron chi connectivity index (χ2n) is 7.38. The van der Waals surface area contributed by atoms with Gasteiger partial charge in [-0.2, -0.15) is 0 Å². The average Bonchev–Trinajstić information content (AvgIpc) is 3.08. The third kappa shape index (κ3) is 5.50. The molecule has 2 aromatic carbocycles. The van der Waals surface area contributed by atoms with Crippen molar-refractivity contribution in [2.75, 3.05) is 26.3 Å². The van der Waals surface area contributed by atoms with Gasteiger partial charge in [0.15, 0.2) is 0 Å². The number of hydrogen-bond acceptors (Lipinski definition) is 4. The van der Waals surface area contributed by atoms with Crippen molar-refractivity contribution in [2.45, 2.75) is 26.7 Å². The van der Waals surface area contributed by atoms with Crippen LogP contribution in [0.5, 0.6) is 11.5 Å². The molecule has 0 saturated carbocycles. The minimum Gasteiger partial charge on any atom is -0.490 e. The molecule has 1 unspecified atom stereocenters. The molecule has 1 atom stereocenters. The maximum Gasteiger partial charge on any atom is 0.308 e. The maximum atomic E-state index is 12.0. The molecule has 1 N–H and O–H groups in total. The van der Waals surface area contributed by atoms with E-state index in [-0.39, 0.29) is 18.9 Å². The molecule has 29 heavy (non-hydrogen) atoms. The van der Waals surface area contributed by atoms with Crippen LogP contribution in [0.2, 0.25) is 0 Å². The number of carboxylic acids is 1. The van der Waals surface area contributed by atoms with E-state index in [4.69, 9.17) is 14.6 Å². The number of nitrogens with zero attached hydrogens (tertiary/aromatic N) is 1.